The summed E-state index contributed by atoms with van der Waals surface area (Å²) < 4.78 is 0. The number of carbonyl (C=O) groups is 2. The number of nitrogens with zero attached hydrogens (tertiary/aromatic N) is 1. The molecule has 0 bridgehead atoms. The highest BCUT2D eigenvalue weighted by atomic mass is 16.3. The highest BCUT2D eigenvalue weighted by Gasteiger charge is 2.29. The number of hydrogen-bond acceptors (Lipinski definition) is 6. The van der Waals surface area contributed by atoms with Crippen molar-refractivity contribution in [3.8, 4) is 0 Å². The van der Waals surface area contributed by atoms with Crippen molar-refractivity contribution in [2.75, 3.05) is 5.32 Å². The zero-order valence-corrected chi connectivity index (χ0v) is 17.3. The molecule has 4 N–H and O–H groups in total. The van der Waals surface area contributed by atoms with Crippen LogP contribution in [0.1, 0.15) is 16.8 Å². The number of benzene rings is 3. The van der Waals surface area contributed by atoms with E-state index in [9.17, 15) is 24.6 Å². The molecule has 0 saturated heterocycles. The second-order valence-electron chi connectivity index (χ2n) is 7.12. The topological polar surface area (TPSA) is 132 Å². The third-order valence-corrected chi connectivity index (χ3v) is 4.99. The van der Waals surface area contributed by atoms with E-state index in [-0.39, 0.29) is 23.6 Å². The Balaban J connectivity index is 1.85. The van der Waals surface area contributed by atoms with E-state index in [1.165, 1.54) is 18.2 Å². The Bertz CT molecular complexity index is 1440. The van der Waals surface area contributed by atoms with Crippen molar-refractivity contribution in [1.82, 2.24) is 9.97 Å². The van der Waals surface area contributed by atoms with Crippen molar-refractivity contribution in [3.63, 3.8) is 0 Å². The molecule has 3 aromatic carbocycles. The van der Waals surface area contributed by atoms with Gasteiger partial charge in [-0.3, -0.25) is 14.4 Å². The lowest BCUT2D eigenvalue weighted by Gasteiger charge is -2.12. The molecular formula is C25H19N3O5. The van der Waals surface area contributed by atoms with E-state index in [1.807, 2.05) is 0 Å². The molecule has 0 aliphatic rings. The van der Waals surface area contributed by atoms with Crippen LogP contribution < -0.4 is 10.9 Å². The van der Waals surface area contributed by atoms with E-state index in [2.05, 4.69) is 15.3 Å². The van der Waals surface area contributed by atoms with Gasteiger partial charge in [-0.2, -0.15) is 0 Å². The molecule has 0 saturated carbocycles. The number of ketones is 1. The summed E-state index contributed by atoms with van der Waals surface area (Å²) in [7, 11) is 0. The number of carbonyl (C=O) groups excluding carboxylic acids is 2. The molecule has 0 spiro atoms. The van der Waals surface area contributed by atoms with Gasteiger partial charge in [-0.05, 0) is 18.2 Å². The number of Topliss-reactive ketones (excluding diaryl/α,β-unsaturated/α-hetero) is 1. The number of aliphatic hydroxyl groups is 2. The van der Waals surface area contributed by atoms with Crippen LogP contribution in [-0.2, 0) is 16.2 Å². The van der Waals surface area contributed by atoms with Crippen LogP contribution in [0.3, 0.4) is 0 Å². The lowest BCUT2D eigenvalue weighted by Crippen LogP contribution is -2.28. The van der Waals surface area contributed by atoms with Crippen molar-refractivity contribution in [1.29, 1.82) is 0 Å². The van der Waals surface area contributed by atoms with Crippen LogP contribution >= 0.6 is 0 Å². The molecule has 0 radical (unpaired) electrons. The van der Waals surface area contributed by atoms with Crippen molar-refractivity contribution >= 4 is 39.7 Å². The van der Waals surface area contributed by atoms with Crippen LogP contribution in [-0.4, -0.2) is 31.9 Å². The molecule has 0 aliphatic heterocycles. The molecule has 0 aliphatic carbocycles. The number of amides is 1. The van der Waals surface area contributed by atoms with E-state index in [1.54, 1.807) is 60.7 Å². The molecule has 8 nitrogen and oxygen atoms in total. The molecular weight excluding hydrogens is 422 g/mol. The summed E-state index contributed by atoms with van der Waals surface area (Å²) >= 11 is 0. The number of H-pyrrole nitrogens is 1. The number of nitrogens with one attached hydrogen (secondary N) is 2. The minimum Gasteiger partial charge on any atom is -0.506 e. The van der Waals surface area contributed by atoms with E-state index in [0.717, 1.165) is 0 Å². The minimum absolute atomic E-state index is 0.234. The number of aliphatic hydroxyl groups excluding tert-OH is 2. The normalized spacial score (nSPS) is 11.7. The molecule has 0 unspecified atom stereocenters. The van der Waals surface area contributed by atoms with Gasteiger partial charge in [0, 0.05) is 16.8 Å². The van der Waals surface area contributed by atoms with Gasteiger partial charge in [0.15, 0.2) is 0 Å². The fourth-order valence-corrected chi connectivity index (χ4v) is 3.34. The van der Waals surface area contributed by atoms with Gasteiger partial charge in [-0.25, -0.2) is 4.98 Å². The second kappa shape index (κ2) is 9.29. The molecule has 0 fully saturated rings. The van der Waals surface area contributed by atoms with Gasteiger partial charge in [0.1, 0.15) is 17.0 Å². The summed E-state index contributed by atoms with van der Waals surface area (Å²) in [5.74, 6) is -2.81. The molecule has 4 aromatic rings. The van der Waals surface area contributed by atoms with E-state index in [4.69, 9.17) is 0 Å². The molecule has 33 heavy (non-hydrogen) atoms. The van der Waals surface area contributed by atoms with Gasteiger partial charge in [-0.1, -0.05) is 60.7 Å². The van der Waals surface area contributed by atoms with Gasteiger partial charge < -0.3 is 20.5 Å². The summed E-state index contributed by atoms with van der Waals surface area (Å²) in [5, 5.41) is 22.9. The van der Waals surface area contributed by atoms with Crippen molar-refractivity contribution in [2.24, 2.45) is 0 Å². The summed E-state index contributed by atoms with van der Waals surface area (Å²) in [5.41, 5.74) is 0.0398. The maximum absolute atomic E-state index is 13.3. The molecule has 0 atom stereocenters. The zero-order valence-electron chi connectivity index (χ0n) is 17.3. The van der Waals surface area contributed by atoms with Gasteiger partial charge in [-0.15, -0.1) is 0 Å². The van der Waals surface area contributed by atoms with Gasteiger partial charge >= 0.3 is 0 Å². The Kier molecular flexibility index (Phi) is 6.10. The maximum atomic E-state index is 13.3. The Morgan fingerprint density at radius 1 is 0.909 bits per heavy atom. The molecule has 8 heteroatoms. The second-order valence-corrected chi connectivity index (χ2v) is 7.12. The van der Waals surface area contributed by atoms with Crippen LogP contribution in [0.15, 0.2) is 83.7 Å². The van der Waals surface area contributed by atoms with Crippen LogP contribution in [0.2, 0.25) is 0 Å². The Labute approximate surface area is 187 Å². The fraction of sp³-hybridized carbons (Fsp3) is 0.0400. The van der Waals surface area contributed by atoms with Crippen LogP contribution in [0, 0.1) is 0 Å². The Hall–Kier alpha value is -4.56. The van der Waals surface area contributed by atoms with Crippen LogP contribution in [0.25, 0.3) is 22.4 Å². The molecule has 4 rings (SSSR count). The average Bonchev–Trinajstić information content (AvgIpc) is 2.85. The third-order valence-electron chi connectivity index (χ3n) is 4.99. The third kappa shape index (κ3) is 4.41. The number of rotatable bonds is 6. The lowest BCUT2D eigenvalue weighted by atomic mass is 10.0. The Morgan fingerprint density at radius 2 is 1.58 bits per heavy atom. The van der Waals surface area contributed by atoms with Gasteiger partial charge in [0.2, 0.25) is 0 Å². The minimum atomic E-state index is -1.16. The predicted octanol–water partition coefficient (Wildman–Crippen LogP) is 3.05. The first kappa shape index (κ1) is 21.7. The summed E-state index contributed by atoms with van der Waals surface area (Å²) in [6.45, 7) is -0.353. The fourth-order valence-electron chi connectivity index (χ4n) is 3.34. The number of anilines is 1. The molecule has 164 valence electrons. The Morgan fingerprint density at radius 3 is 2.33 bits per heavy atom. The quantitative estimate of drug-likeness (QED) is 0.207. The largest absolute Gasteiger partial charge is 0.506 e. The van der Waals surface area contributed by atoms with E-state index >= 15 is 0 Å². The number of aromatic amines is 1. The predicted molar refractivity (Wildman–Crippen MR) is 124 cm³/mol. The highest BCUT2D eigenvalue weighted by molar-refractivity contribution is 6.57. The smallest absolute Gasteiger partial charge is 0.297 e. The number of para-hydroxylation sites is 3. The summed E-state index contributed by atoms with van der Waals surface area (Å²) in [4.78, 5) is 45.8. The van der Waals surface area contributed by atoms with Crippen molar-refractivity contribution in [2.45, 2.75) is 6.61 Å². The van der Waals surface area contributed by atoms with Crippen LogP contribution in [0.5, 0.6) is 0 Å². The van der Waals surface area contributed by atoms with Crippen LogP contribution in [0.4, 0.5) is 5.69 Å². The number of aromatic nitrogens is 2. The van der Waals surface area contributed by atoms with Crippen molar-refractivity contribution < 1.29 is 19.8 Å². The first-order valence-corrected chi connectivity index (χ1v) is 10.0. The maximum Gasteiger partial charge on any atom is 0.297 e. The number of hydrogen-bond donors (Lipinski definition) is 4. The SMILES string of the molecule is O=C(Nc1ccccc1CO)C(=O)/C(=C(/O)c1ccccc1)c1nc2ccccc2[nH]c1=O. The first-order valence-electron chi connectivity index (χ1n) is 10.0. The van der Waals surface area contributed by atoms with Crippen molar-refractivity contribution in [3.05, 3.63) is 106 Å². The van der Waals surface area contributed by atoms with Gasteiger partial charge in [0.25, 0.3) is 17.2 Å². The number of fused-ring (bicyclic) bond motifs is 1. The summed E-state index contributed by atoms with van der Waals surface area (Å²) in [6.07, 6.45) is 0. The molecule has 1 aromatic heterocycles. The first-order chi connectivity index (χ1) is 16.0. The average molecular weight is 441 g/mol. The lowest BCUT2D eigenvalue weighted by molar-refractivity contribution is -0.131. The monoisotopic (exact) mass is 441 g/mol. The zero-order chi connectivity index (χ0) is 23.4. The summed E-state index contributed by atoms with van der Waals surface area (Å²) in [6, 6.07) is 21.2. The molecule has 1 heterocycles. The van der Waals surface area contributed by atoms with E-state index < -0.39 is 28.6 Å². The van der Waals surface area contributed by atoms with E-state index in [0.29, 0.717) is 16.6 Å². The molecule has 1 amide bonds. The van der Waals surface area contributed by atoms with Gasteiger partial charge in [0.05, 0.1) is 17.6 Å². The standard InChI is InChI=1S/C25H19N3O5/c29-14-16-10-4-5-11-17(16)27-25(33)23(31)20(22(30)15-8-2-1-3-9-15)21-24(32)28-19-13-7-6-12-18(19)26-21/h1-13,29-30H,14H2,(H,27,33)(H,28,32)/b22-20+. The highest BCUT2D eigenvalue weighted by Crippen LogP contribution is 2.24.